The van der Waals surface area contributed by atoms with Crippen LogP contribution >= 0.6 is 11.8 Å². The summed E-state index contributed by atoms with van der Waals surface area (Å²) in [6.07, 6.45) is 0. The number of hydrogen-bond acceptors (Lipinski definition) is 4. The predicted octanol–water partition coefficient (Wildman–Crippen LogP) is 1.50. The van der Waals surface area contributed by atoms with Gasteiger partial charge in [0, 0.05) is 12.1 Å². The van der Waals surface area contributed by atoms with Crippen LogP contribution in [0.25, 0.3) is 11.4 Å². The molecule has 1 amide bonds. The molecule has 27 heavy (non-hydrogen) atoms. The molecule has 0 saturated carbocycles. The zero-order chi connectivity index (χ0) is 19.4. The number of aryl methyl sites for hydroxylation is 1. The average Bonchev–Trinajstić information content (AvgIpc) is 3.10. The number of hydrogen-bond donors (Lipinski definition) is 1. The molecule has 0 spiro atoms. The zero-order valence-electron chi connectivity index (χ0n) is 16.7. The number of nitrogens with one attached hydrogen (secondary N) is 1. The van der Waals surface area contributed by atoms with Gasteiger partial charge in [0.15, 0.2) is 11.0 Å². The Morgan fingerprint density at radius 1 is 1.22 bits per heavy atom. The fraction of sp³-hybridized carbons (Fsp3) is 0.550. The molecule has 1 aliphatic rings. The summed E-state index contributed by atoms with van der Waals surface area (Å²) < 4.78 is 2.11. The van der Waals surface area contributed by atoms with E-state index in [9.17, 15) is 4.79 Å². The first-order chi connectivity index (χ1) is 13.0. The van der Waals surface area contributed by atoms with Gasteiger partial charge in [0.2, 0.25) is 5.91 Å². The van der Waals surface area contributed by atoms with E-state index in [1.54, 1.807) is 4.90 Å². The number of thioether (sulfide) groups is 1. The number of carbonyl (C=O) groups is 1. The molecule has 6 nitrogen and oxygen atoms in total. The van der Waals surface area contributed by atoms with E-state index in [0.29, 0.717) is 0 Å². The van der Waals surface area contributed by atoms with Gasteiger partial charge in [-0.25, -0.2) is 0 Å². The van der Waals surface area contributed by atoms with E-state index in [1.807, 2.05) is 24.0 Å². The standard InChI is InChI=1S/C20H29N5OS/c1-5-23-11-13-24(14-12-23)19(26)16(4)27-20-22-21-18(25(20)6-2)17-10-8-7-9-15(17)3/h7-10,16H,5-6,11-14H2,1-4H3/p+1/t16-/m0/s1. The quantitative estimate of drug-likeness (QED) is 0.762. The first-order valence-electron chi connectivity index (χ1n) is 9.83. The number of likely N-dealkylation sites (N-methyl/N-ethyl adjacent to an activating group) is 1. The van der Waals surface area contributed by atoms with Crippen molar-refractivity contribution in [2.45, 2.75) is 44.6 Å². The Bertz CT molecular complexity index is 782. The molecule has 7 heteroatoms. The molecule has 0 unspecified atom stereocenters. The molecular weight excluding hydrogens is 358 g/mol. The van der Waals surface area contributed by atoms with Gasteiger partial charge < -0.3 is 14.4 Å². The number of piperazine rings is 1. The Hall–Kier alpha value is -1.86. The molecule has 1 aromatic carbocycles. The third-order valence-electron chi connectivity index (χ3n) is 5.33. The van der Waals surface area contributed by atoms with Crippen molar-refractivity contribution in [2.75, 3.05) is 32.7 Å². The Morgan fingerprint density at radius 2 is 1.93 bits per heavy atom. The number of aromatic nitrogens is 3. The fourth-order valence-corrected chi connectivity index (χ4v) is 4.54. The SMILES string of the molecule is CCn1c(S[C@@H](C)C(=O)N2CC[NH+](CC)CC2)nnc1-c1ccccc1C. The summed E-state index contributed by atoms with van der Waals surface area (Å²) in [5.74, 6) is 1.08. The van der Waals surface area contributed by atoms with Crippen molar-refractivity contribution in [2.24, 2.45) is 0 Å². The van der Waals surface area contributed by atoms with Crippen LogP contribution in [0, 0.1) is 6.92 Å². The van der Waals surface area contributed by atoms with Crippen molar-refractivity contribution >= 4 is 17.7 Å². The summed E-state index contributed by atoms with van der Waals surface area (Å²) in [4.78, 5) is 16.4. The van der Waals surface area contributed by atoms with E-state index in [1.165, 1.54) is 17.3 Å². The van der Waals surface area contributed by atoms with Crippen LogP contribution in [-0.4, -0.2) is 63.5 Å². The highest BCUT2D eigenvalue weighted by Gasteiger charge is 2.28. The summed E-state index contributed by atoms with van der Waals surface area (Å²) in [6, 6.07) is 8.21. The molecule has 1 N–H and O–H groups in total. The van der Waals surface area contributed by atoms with Crippen molar-refractivity contribution in [3.8, 4) is 11.4 Å². The van der Waals surface area contributed by atoms with E-state index >= 15 is 0 Å². The molecule has 2 aromatic rings. The molecule has 0 aliphatic carbocycles. The van der Waals surface area contributed by atoms with Gasteiger partial charge in [-0.1, -0.05) is 36.0 Å². The molecular formula is C20H30N5OS+. The van der Waals surface area contributed by atoms with Gasteiger partial charge in [-0.3, -0.25) is 4.79 Å². The predicted molar refractivity (Wildman–Crippen MR) is 109 cm³/mol. The van der Waals surface area contributed by atoms with Crippen LogP contribution in [0.2, 0.25) is 0 Å². The monoisotopic (exact) mass is 388 g/mol. The van der Waals surface area contributed by atoms with Gasteiger partial charge >= 0.3 is 0 Å². The van der Waals surface area contributed by atoms with Crippen LogP contribution in [0.1, 0.15) is 26.3 Å². The van der Waals surface area contributed by atoms with E-state index in [4.69, 9.17) is 0 Å². The molecule has 1 fully saturated rings. The second kappa shape index (κ2) is 8.89. The molecule has 1 saturated heterocycles. The minimum Gasteiger partial charge on any atom is -0.332 e. The van der Waals surface area contributed by atoms with Gasteiger partial charge in [0.25, 0.3) is 0 Å². The molecule has 0 bridgehead atoms. The van der Waals surface area contributed by atoms with E-state index in [0.717, 1.165) is 55.8 Å². The first-order valence-corrected chi connectivity index (χ1v) is 10.7. The van der Waals surface area contributed by atoms with E-state index < -0.39 is 0 Å². The lowest BCUT2D eigenvalue weighted by atomic mass is 10.1. The molecule has 146 valence electrons. The van der Waals surface area contributed by atoms with Crippen LogP contribution in [0.3, 0.4) is 0 Å². The fourth-order valence-electron chi connectivity index (χ4n) is 3.55. The lowest BCUT2D eigenvalue weighted by molar-refractivity contribution is -0.902. The topological polar surface area (TPSA) is 55.5 Å². The molecule has 3 rings (SSSR count). The Kier molecular flexibility index (Phi) is 6.55. The van der Waals surface area contributed by atoms with Crippen LogP contribution < -0.4 is 4.90 Å². The molecule has 1 aliphatic heterocycles. The van der Waals surface area contributed by atoms with Crippen LogP contribution in [0.4, 0.5) is 0 Å². The number of carbonyl (C=O) groups excluding carboxylic acids is 1. The Labute approximate surface area is 165 Å². The number of amides is 1. The molecule has 1 atom stereocenters. The second-order valence-corrected chi connectivity index (χ2v) is 8.36. The number of nitrogens with zero attached hydrogens (tertiary/aromatic N) is 4. The summed E-state index contributed by atoms with van der Waals surface area (Å²) in [5.41, 5.74) is 2.27. The van der Waals surface area contributed by atoms with Gasteiger partial charge in [0.05, 0.1) is 38.0 Å². The van der Waals surface area contributed by atoms with Gasteiger partial charge in [-0.15, -0.1) is 10.2 Å². The van der Waals surface area contributed by atoms with Crippen LogP contribution in [-0.2, 0) is 11.3 Å². The van der Waals surface area contributed by atoms with Crippen molar-refractivity contribution < 1.29 is 9.69 Å². The minimum atomic E-state index is -0.160. The smallest absolute Gasteiger partial charge is 0.236 e. The number of rotatable bonds is 6. The van der Waals surface area contributed by atoms with Crippen molar-refractivity contribution in [3.05, 3.63) is 29.8 Å². The van der Waals surface area contributed by atoms with Gasteiger partial charge in [0.1, 0.15) is 0 Å². The number of benzene rings is 1. The van der Waals surface area contributed by atoms with E-state index in [2.05, 4.69) is 47.7 Å². The maximum absolute atomic E-state index is 12.9. The Morgan fingerprint density at radius 3 is 2.56 bits per heavy atom. The summed E-state index contributed by atoms with van der Waals surface area (Å²) in [7, 11) is 0. The van der Waals surface area contributed by atoms with Crippen molar-refractivity contribution in [3.63, 3.8) is 0 Å². The third kappa shape index (κ3) is 4.35. The van der Waals surface area contributed by atoms with Gasteiger partial charge in [-0.2, -0.15) is 0 Å². The third-order valence-corrected chi connectivity index (χ3v) is 6.40. The molecule has 2 heterocycles. The van der Waals surface area contributed by atoms with Crippen LogP contribution in [0.15, 0.2) is 29.4 Å². The summed E-state index contributed by atoms with van der Waals surface area (Å²) in [6.45, 7) is 14.1. The minimum absolute atomic E-state index is 0.160. The van der Waals surface area contributed by atoms with Crippen molar-refractivity contribution in [1.29, 1.82) is 0 Å². The highest BCUT2D eigenvalue weighted by Crippen LogP contribution is 2.28. The zero-order valence-corrected chi connectivity index (χ0v) is 17.6. The maximum Gasteiger partial charge on any atom is 0.236 e. The maximum atomic E-state index is 12.9. The summed E-state index contributed by atoms with van der Waals surface area (Å²) >= 11 is 1.52. The molecule has 1 aromatic heterocycles. The molecule has 0 radical (unpaired) electrons. The average molecular weight is 389 g/mol. The highest BCUT2D eigenvalue weighted by atomic mass is 32.2. The normalized spacial score (nSPS) is 16.5. The number of quaternary nitrogens is 1. The Balaban J connectivity index is 1.72. The van der Waals surface area contributed by atoms with E-state index in [-0.39, 0.29) is 11.2 Å². The second-order valence-electron chi connectivity index (χ2n) is 7.05. The lowest BCUT2D eigenvalue weighted by Gasteiger charge is -2.32. The van der Waals surface area contributed by atoms with Crippen LogP contribution in [0.5, 0.6) is 0 Å². The van der Waals surface area contributed by atoms with Crippen molar-refractivity contribution in [1.82, 2.24) is 19.7 Å². The largest absolute Gasteiger partial charge is 0.332 e. The first kappa shape index (κ1) is 19.9. The lowest BCUT2D eigenvalue weighted by Crippen LogP contribution is -3.14. The van der Waals surface area contributed by atoms with Gasteiger partial charge in [-0.05, 0) is 33.3 Å². The highest BCUT2D eigenvalue weighted by molar-refractivity contribution is 8.00. The summed E-state index contributed by atoms with van der Waals surface area (Å²) in [5, 5.41) is 9.48.